The van der Waals surface area contributed by atoms with Crippen molar-refractivity contribution in [1.29, 1.82) is 0 Å². The number of aliphatic hydroxyl groups excluding tert-OH is 1. The van der Waals surface area contributed by atoms with Crippen molar-refractivity contribution in [3.8, 4) is 11.3 Å². The summed E-state index contributed by atoms with van der Waals surface area (Å²) >= 11 is 0. The highest BCUT2D eigenvalue weighted by molar-refractivity contribution is 5.83. The zero-order valence-electron chi connectivity index (χ0n) is 16.5. The predicted molar refractivity (Wildman–Crippen MR) is 107 cm³/mol. The molecule has 2 fully saturated rings. The van der Waals surface area contributed by atoms with Crippen molar-refractivity contribution < 1.29 is 14.7 Å². The molecule has 1 saturated heterocycles. The summed E-state index contributed by atoms with van der Waals surface area (Å²) in [6.07, 6.45) is 6.51. The molecule has 0 bridgehead atoms. The van der Waals surface area contributed by atoms with E-state index < -0.39 is 12.1 Å². The quantitative estimate of drug-likeness (QED) is 0.771. The Hall–Kier alpha value is -2.67. The number of carbonyl (C=O) groups excluding carboxylic acids is 2. The first-order valence-corrected chi connectivity index (χ1v) is 10.3. The van der Waals surface area contributed by atoms with Gasteiger partial charge in [-0.25, -0.2) is 4.98 Å². The highest BCUT2D eigenvalue weighted by atomic mass is 16.3. The number of fused-ring (bicyclic) bond motifs is 3. The van der Waals surface area contributed by atoms with Crippen LogP contribution in [0.5, 0.6) is 0 Å². The zero-order chi connectivity index (χ0) is 20.2. The number of aromatic nitrogens is 2. The molecule has 1 unspecified atom stereocenters. The molecule has 1 aromatic heterocycles. The Kier molecular flexibility index (Phi) is 4.24. The number of hydrogen-bond acceptors (Lipinski definition) is 4. The molecular formula is C22H26N4O3. The van der Waals surface area contributed by atoms with Crippen LogP contribution < -0.4 is 5.32 Å². The molecule has 152 valence electrons. The monoisotopic (exact) mass is 394 g/mol. The number of imidazole rings is 1. The number of amides is 2. The molecule has 29 heavy (non-hydrogen) atoms. The summed E-state index contributed by atoms with van der Waals surface area (Å²) in [5, 5.41) is 13.8. The highest BCUT2D eigenvalue weighted by Crippen LogP contribution is 2.59. The van der Waals surface area contributed by atoms with Gasteiger partial charge in [0.25, 0.3) is 0 Å². The normalized spacial score (nSPS) is 27.7. The lowest BCUT2D eigenvalue weighted by molar-refractivity contribution is -0.165. The first-order chi connectivity index (χ1) is 14.1. The minimum Gasteiger partial charge on any atom is -0.392 e. The molecule has 7 nitrogen and oxygen atoms in total. The molecule has 4 atom stereocenters. The third-order valence-electron chi connectivity index (χ3n) is 7.36. The van der Waals surface area contributed by atoms with Crippen molar-refractivity contribution in [2.24, 2.45) is 11.3 Å². The van der Waals surface area contributed by atoms with Gasteiger partial charge in [-0.05, 0) is 31.7 Å². The number of piperidine rings is 1. The van der Waals surface area contributed by atoms with Crippen LogP contribution in [0.25, 0.3) is 11.3 Å². The summed E-state index contributed by atoms with van der Waals surface area (Å²) in [6.45, 7) is 2.96. The van der Waals surface area contributed by atoms with Gasteiger partial charge in [0.1, 0.15) is 6.04 Å². The zero-order valence-corrected chi connectivity index (χ0v) is 16.5. The van der Waals surface area contributed by atoms with Crippen molar-refractivity contribution >= 4 is 12.3 Å². The fourth-order valence-corrected chi connectivity index (χ4v) is 5.71. The predicted octanol–water partition coefficient (Wildman–Crippen LogP) is 1.58. The average molecular weight is 394 g/mol. The second kappa shape index (κ2) is 6.69. The Bertz CT molecular complexity index is 947. The van der Waals surface area contributed by atoms with Crippen LogP contribution in [0.4, 0.5) is 0 Å². The second-order valence-electron chi connectivity index (χ2n) is 8.72. The molecule has 2 N–H and O–H groups in total. The van der Waals surface area contributed by atoms with Gasteiger partial charge in [-0.1, -0.05) is 24.3 Å². The van der Waals surface area contributed by atoms with E-state index in [-0.39, 0.29) is 23.3 Å². The maximum absolute atomic E-state index is 12.4. The maximum Gasteiger partial charge on any atom is 0.244 e. The van der Waals surface area contributed by atoms with Crippen LogP contribution >= 0.6 is 0 Å². The fraction of sp³-hybridized carbons (Fsp3) is 0.500. The number of hydrogen-bond donors (Lipinski definition) is 2. The van der Waals surface area contributed by atoms with Crippen molar-refractivity contribution in [2.75, 3.05) is 13.1 Å². The number of carbonyl (C=O) groups is 2. The van der Waals surface area contributed by atoms with Crippen molar-refractivity contribution in [3.63, 3.8) is 0 Å². The van der Waals surface area contributed by atoms with Crippen molar-refractivity contribution in [3.05, 3.63) is 42.4 Å². The first kappa shape index (κ1) is 18.4. The molecule has 5 rings (SSSR count). The highest BCUT2D eigenvalue weighted by Gasteiger charge is 2.58. The summed E-state index contributed by atoms with van der Waals surface area (Å²) < 4.78 is 2.21. The SMILES string of the molecule is CC(NC=O)C(=O)N1CCC2(CC1)C[C@@H]([C@H]1c3ccccc3-c3cncn31)[C@H]2O. The Balaban J connectivity index is 1.30. The molecule has 1 aromatic carbocycles. The smallest absolute Gasteiger partial charge is 0.244 e. The number of aliphatic hydroxyl groups is 1. The van der Waals surface area contributed by atoms with Crippen LogP contribution in [0.1, 0.15) is 37.8 Å². The minimum absolute atomic E-state index is 0.0508. The molecule has 1 spiro atoms. The van der Waals surface area contributed by atoms with Gasteiger partial charge < -0.3 is 19.9 Å². The van der Waals surface area contributed by atoms with Gasteiger partial charge in [-0.15, -0.1) is 0 Å². The van der Waals surface area contributed by atoms with E-state index in [2.05, 4.69) is 33.1 Å². The van der Waals surface area contributed by atoms with E-state index in [9.17, 15) is 14.7 Å². The first-order valence-electron chi connectivity index (χ1n) is 10.3. The summed E-state index contributed by atoms with van der Waals surface area (Å²) in [6, 6.07) is 8.02. The molecule has 3 aliphatic rings. The average Bonchev–Trinajstić information content (AvgIpc) is 3.33. The van der Waals surface area contributed by atoms with Crippen LogP contribution in [0.2, 0.25) is 0 Å². The standard InChI is InChI=1S/C22H26N4O3/c1-14(24-13-27)21(29)25-8-6-22(7-9-25)10-17(20(22)28)19-16-5-3-2-4-15(16)18-11-23-12-26(18)19/h2-5,11-14,17,19-20,28H,6-10H2,1H3,(H,24,27)/t14?,17-,19+,20+/m0/s1. The van der Waals surface area contributed by atoms with E-state index in [4.69, 9.17) is 0 Å². The van der Waals surface area contributed by atoms with Gasteiger partial charge in [0, 0.05) is 30.0 Å². The Labute approximate surface area is 169 Å². The van der Waals surface area contributed by atoms with E-state index in [1.807, 2.05) is 23.5 Å². The topological polar surface area (TPSA) is 87.5 Å². The van der Waals surface area contributed by atoms with Gasteiger partial charge in [0.15, 0.2) is 0 Å². The number of likely N-dealkylation sites (tertiary alicyclic amines) is 1. The minimum atomic E-state index is -0.504. The van der Waals surface area contributed by atoms with Gasteiger partial charge in [0.2, 0.25) is 12.3 Å². The number of benzene rings is 1. The van der Waals surface area contributed by atoms with Crippen LogP contribution in [-0.4, -0.2) is 57.1 Å². The van der Waals surface area contributed by atoms with Gasteiger partial charge in [0.05, 0.1) is 30.4 Å². The molecule has 2 amide bonds. The van der Waals surface area contributed by atoms with E-state index >= 15 is 0 Å². The van der Waals surface area contributed by atoms with E-state index in [1.54, 1.807) is 6.92 Å². The third-order valence-corrected chi connectivity index (χ3v) is 7.36. The summed E-state index contributed by atoms with van der Waals surface area (Å²) in [5.41, 5.74) is 3.49. The van der Waals surface area contributed by atoms with E-state index in [0.29, 0.717) is 19.5 Å². The summed E-state index contributed by atoms with van der Waals surface area (Å²) in [5.74, 6) is 0.106. The molecule has 7 heteroatoms. The van der Waals surface area contributed by atoms with Crippen LogP contribution in [-0.2, 0) is 9.59 Å². The molecular weight excluding hydrogens is 368 g/mol. The molecule has 2 aliphatic heterocycles. The lowest BCUT2D eigenvalue weighted by Gasteiger charge is -2.58. The van der Waals surface area contributed by atoms with Crippen LogP contribution in [0.3, 0.4) is 0 Å². The summed E-state index contributed by atoms with van der Waals surface area (Å²) in [7, 11) is 0. The molecule has 1 saturated carbocycles. The fourth-order valence-electron chi connectivity index (χ4n) is 5.71. The Morgan fingerprint density at radius 1 is 1.34 bits per heavy atom. The number of nitrogens with zero attached hydrogens (tertiary/aromatic N) is 3. The largest absolute Gasteiger partial charge is 0.392 e. The number of nitrogens with one attached hydrogen (secondary N) is 1. The van der Waals surface area contributed by atoms with Crippen molar-refractivity contribution in [2.45, 2.75) is 44.4 Å². The van der Waals surface area contributed by atoms with Crippen molar-refractivity contribution in [1.82, 2.24) is 19.8 Å². The van der Waals surface area contributed by atoms with Crippen LogP contribution in [0, 0.1) is 11.3 Å². The van der Waals surface area contributed by atoms with Crippen LogP contribution in [0.15, 0.2) is 36.8 Å². The molecule has 0 radical (unpaired) electrons. The molecule has 1 aliphatic carbocycles. The number of rotatable bonds is 4. The Morgan fingerprint density at radius 3 is 2.83 bits per heavy atom. The third kappa shape index (κ3) is 2.64. The van der Waals surface area contributed by atoms with Gasteiger partial charge >= 0.3 is 0 Å². The van der Waals surface area contributed by atoms with E-state index in [0.717, 1.165) is 25.0 Å². The lowest BCUT2D eigenvalue weighted by atomic mass is 9.53. The molecule has 3 heterocycles. The second-order valence-corrected chi connectivity index (χ2v) is 8.72. The maximum atomic E-state index is 12.4. The van der Waals surface area contributed by atoms with Gasteiger partial charge in [-0.3, -0.25) is 9.59 Å². The van der Waals surface area contributed by atoms with E-state index in [1.165, 1.54) is 11.1 Å². The molecule has 2 aromatic rings. The van der Waals surface area contributed by atoms with Gasteiger partial charge in [-0.2, -0.15) is 0 Å². The summed E-state index contributed by atoms with van der Waals surface area (Å²) in [4.78, 5) is 29.2. The Morgan fingerprint density at radius 2 is 2.10 bits per heavy atom. The lowest BCUT2D eigenvalue weighted by Crippen LogP contribution is -2.60.